The molecule has 4 nitrogen and oxygen atoms in total. The van der Waals surface area contributed by atoms with Gasteiger partial charge in [-0.25, -0.2) is 0 Å². The lowest BCUT2D eigenvalue weighted by Gasteiger charge is -2.17. The zero-order valence-electron chi connectivity index (χ0n) is 10.3. The highest BCUT2D eigenvalue weighted by molar-refractivity contribution is 5.63. The van der Waals surface area contributed by atoms with Crippen molar-refractivity contribution in [3.05, 3.63) is 33.9 Å². The highest BCUT2D eigenvalue weighted by Crippen LogP contribution is 2.37. The van der Waals surface area contributed by atoms with Gasteiger partial charge in [0, 0.05) is 12.1 Å². The number of hydrogen-bond donors (Lipinski definition) is 1. The van der Waals surface area contributed by atoms with Crippen molar-refractivity contribution in [2.75, 3.05) is 5.32 Å². The number of nitro benzene ring substituents is 1. The van der Waals surface area contributed by atoms with Crippen LogP contribution >= 0.6 is 0 Å². The van der Waals surface area contributed by atoms with E-state index in [0.29, 0.717) is 17.6 Å². The summed E-state index contributed by atoms with van der Waals surface area (Å²) in [6.45, 7) is 4.07. The van der Waals surface area contributed by atoms with Crippen molar-refractivity contribution in [3.63, 3.8) is 0 Å². The molecule has 0 aliphatic heterocycles. The third kappa shape index (κ3) is 2.75. The number of nitro groups is 1. The van der Waals surface area contributed by atoms with Crippen LogP contribution in [-0.4, -0.2) is 11.0 Å². The van der Waals surface area contributed by atoms with E-state index in [9.17, 15) is 10.1 Å². The molecule has 0 saturated heterocycles. The fourth-order valence-electron chi connectivity index (χ4n) is 2.18. The number of nitrogens with zero attached hydrogens (tertiary/aromatic N) is 1. The van der Waals surface area contributed by atoms with E-state index in [2.05, 4.69) is 12.2 Å². The number of anilines is 1. The summed E-state index contributed by atoms with van der Waals surface area (Å²) in [5.74, 6) is 0.695. The normalized spacial score (nSPS) is 16.6. The Morgan fingerprint density at radius 1 is 1.53 bits per heavy atom. The molecule has 0 spiro atoms. The second-order valence-corrected chi connectivity index (χ2v) is 4.77. The molecule has 0 radical (unpaired) electrons. The fraction of sp³-hybridized carbons (Fsp3) is 0.538. The number of rotatable bonds is 5. The van der Waals surface area contributed by atoms with Gasteiger partial charge in [0.2, 0.25) is 0 Å². The second-order valence-electron chi connectivity index (χ2n) is 4.77. The van der Waals surface area contributed by atoms with Crippen LogP contribution in [-0.2, 0) is 0 Å². The number of aryl methyl sites for hydroxylation is 1. The van der Waals surface area contributed by atoms with Crippen molar-refractivity contribution in [1.29, 1.82) is 0 Å². The van der Waals surface area contributed by atoms with E-state index in [1.54, 1.807) is 12.1 Å². The summed E-state index contributed by atoms with van der Waals surface area (Å²) in [6, 6.07) is 5.59. The molecular weight excluding hydrogens is 216 g/mol. The minimum atomic E-state index is -0.318. The average molecular weight is 234 g/mol. The number of hydrogen-bond acceptors (Lipinski definition) is 3. The van der Waals surface area contributed by atoms with E-state index in [1.807, 2.05) is 13.0 Å². The first kappa shape index (κ1) is 11.9. The molecule has 92 valence electrons. The Morgan fingerprint density at radius 2 is 2.24 bits per heavy atom. The molecule has 1 atom stereocenters. The molecule has 1 aliphatic rings. The molecule has 17 heavy (non-hydrogen) atoms. The van der Waals surface area contributed by atoms with E-state index in [1.165, 1.54) is 12.8 Å². The molecule has 1 aliphatic carbocycles. The van der Waals surface area contributed by atoms with Gasteiger partial charge in [-0.2, -0.15) is 0 Å². The van der Waals surface area contributed by atoms with Gasteiger partial charge in [0.1, 0.15) is 5.69 Å². The summed E-state index contributed by atoms with van der Waals surface area (Å²) in [4.78, 5) is 10.6. The molecule has 1 N–H and O–H groups in total. The van der Waals surface area contributed by atoms with Crippen LogP contribution in [0.1, 0.15) is 31.7 Å². The molecule has 0 aromatic heterocycles. The molecule has 1 fully saturated rings. The fourth-order valence-corrected chi connectivity index (χ4v) is 2.18. The second kappa shape index (κ2) is 4.73. The van der Waals surface area contributed by atoms with Gasteiger partial charge in [-0.3, -0.25) is 10.1 Å². The van der Waals surface area contributed by atoms with Crippen molar-refractivity contribution in [2.24, 2.45) is 5.92 Å². The molecule has 2 rings (SSSR count). The summed E-state index contributed by atoms with van der Waals surface area (Å²) in [7, 11) is 0. The zero-order chi connectivity index (χ0) is 12.4. The Balaban J connectivity index is 2.22. The molecule has 1 unspecified atom stereocenters. The molecule has 0 bridgehead atoms. The molecule has 1 saturated carbocycles. The van der Waals surface area contributed by atoms with Crippen LogP contribution in [0.3, 0.4) is 0 Å². The topological polar surface area (TPSA) is 55.2 Å². The lowest BCUT2D eigenvalue weighted by atomic mass is 10.1. The van der Waals surface area contributed by atoms with Gasteiger partial charge in [0.15, 0.2) is 0 Å². The Labute approximate surface area is 101 Å². The molecular formula is C13H18N2O2. The van der Waals surface area contributed by atoms with Crippen LogP contribution in [0.2, 0.25) is 0 Å². The van der Waals surface area contributed by atoms with E-state index in [0.717, 1.165) is 12.0 Å². The van der Waals surface area contributed by atoms with Gasteiger partial charge in [0.05, 0.1) is 4.92 Å². The smallest absolute Gasteiger partial charge is 0.292 e. The summed E-state index contributed by atoms with van der Waals surface area (Å²) in [5, 5.41) is 14.3. The van der Waals surface area contributed by atoms with Gasteiger partial charge in [0.25, 0.3) is 5.69 Å². The van der Waals surface area contributed by atoms with Gasteiger partial charge in [-0.05, 0) is 43.7 Å². The highest BCUT2D eigenvalue weighted by atomic mass is 16.6. The first-order valence-electron chi connectivity index (χ1n) is 6.13. The summed E-state index contributed by atoms with van der Waals surface area (Å²) < 4.78 is 0. The van der Waals surface area contributed by atoms with Crippen LogP contribution in [0.15, 0.2) is 18.2 Å². The van der Waals surface area contributed by atoms with Crippen molar-refractivity contribution in [3.8, 4) is 0 Å². The SMILES string of the molecule is CCC(Nc1cc(C)ccc1[N+](=O)[O-])C1CC1. The zero-order valence-corrected chi connectivity index (χ0v) is 10.3. The average Bonchev–Trinajstić information content (AvgIpc) is 3.09. The van der Waals surface area contributed by atoms with Gasteiger partial charge >= 0.3 is 0 Å². The van der Waals surface area contributed by atoms with Crippen molar-refractivity contribution in [1.82, 2.24) is 0 Å². The predicted octanol–water partition coefficient (Wildman–Crippen LogP) is 3.50. The Hall–Kier alpha value is -1.58. The maximum atomic E-state index is 11.0. The third-order valence-corrected chi connectivity index (χ3v) is 3.32. The molecule has 1 aromatic carbocycles. The molecule has 1 aromatic rings. The molecule has 0 amide bonds. The predicted molar refractivity (Wildman–Crippen MR) is 68.3 cm³/mol. The number of nitrogens with one attached hydrogen (secondary N) is 1. The van der Waals surface area contributed by atoms with Crippen LogP contribution in [0.25, 0.3) is 0 Å². The van der Waals surface area contributed by atoms with E-state index >= 15 is 0 Å². The monoisotopic (exact) mass is 234 g/mol. The third-order valence-electron chi connectivity index (χ3n) is 3.32. The van der Waals surface area contributed by atoms with Gasteiger partial charge < -0.3 is 5.32 Å². The van der Waals surface area contributed by atoms with Crippen LogP contribution in [0.4, 0.5) is 11.4 Å². The largest absolute Gasteiger partial charge is 0.376 e. The van der Waals surface area contributed by atoms with Crippen molar-refractivity contribution >= 4 is 11.4 Å². The Bertz CT molecular complexity index is 427. The quantitative estimate of drug-likeness (QED) is 0.626. The van der Waals surface area contributed by atoms with Crippen molar-refractivity contribution < 1.29 is 4.92 Å². The highest BCUT2D eigenvalue weighted by Gasteiger charge is 2.31. The van der Waals surface area contributed by atoms with Crippen molar-refractivity contribution in [2.45, 2.75) is 39.2 Å². The van der Waals surface area contributed by atoms with Crippen LogP contribution in [0, 0.1) is 23.0 Å². The maximum Gasteiger partial charge on any atom is 0.292 e. The maximum absolute atomic E-state index is 11.0. The summed E-state index contributed by atoms with van der Waals surface area (Å²) in [5.41, 5.74) is 1.88. The summed E-state index contributed by atoms with van der Waals surface area (Å²) >= 11 is 0. The number of benzene rings is 1. The van der Waals surface area contributed by atoms with E-state index < -0.39 is 0 Å². The standard InChI is InChI=1S/C13H18N2O2/c1-3-11(10-5-6-10)14-12-8-9(2)4-7-13(12)15(16)17/h4,7-8,10-11,14H,3,5-6H2,1-2H3. The van der Waals surface area contributed by atoms with Crippen LogP contribution in [0.5, 0.6) is 0 Å². The van der Waals surface area contributed by atoms with E-state index in [4.69, 9.17) is 0 Å². The van der Waals surface area contributed by atoms with Gasteiger partial charge in [-0.15, -0.1) is 0 Å². The minimum Gasteiger partial charge on any atom is -0.376 e. The van der Waals surface area contributed by atoms with Gasteiger partial charge in [-0.1, -0.05) is 13.0 Å². The van der Waals surface area contributed by atoms with Crippen LogP contribution < -0.4 is 5.32 Å². The Morgan fingerprint density at radius 3 is 2.76 bits per heavy atom. The molecule has 0 heterocycles. The minimum absolute atomic E-state index is 0.176. The lowest BCUT2D eigenvalue weighted by molar-refractivity contribution is -0.384. The molecule has 4 heteroatoms. The van der Waals surface area contributed by atoms with E-state index in [-0.39, 0.29) is 10.6 Å². The lowest BCUT2D eigenvalue weighted by Crippen LogP contribution is -2.21. The first-order chi connectivity index (χ1) is 8.11. The Kier molecular flexibility index (Phi) is 3.31. The summed E-state index contributed by atoms with van der Waals surface area (Å²) in [6.07, 6.45) is 3.49. The first-order valence-corrected chi connectivity index (χ1v) is 6.13.